The van der Waals surface area contributed by atoms with Crippen molar-refractivity contribution in [1.82, 2.24) is 15.2 Å². The molecule has 1 aromatic rings. The zero-order chi connectivity index (χ0) is 16.9. The van der Waals surface area contributed by atoms with Gasteiger partial charge in [0.2, 0.25) is 0 Å². The van der Waals surface area contributed by atoms with E-state index >= 15 is 0 Å². The largest absolute Gasteiger partial charge is 0.437 e. The SMILES string of the molecule is COC[C@H](C)NC(=O)c1nc2c(o1)CCN(CC1CCCCC1)C2. The molecule has 1 aromatic heterocycles. The highest BCUT2D eigenvalue weighted by Crippen LogP contribution is 2.27. The summed E-state index contributed by atoms with van der Waals surface area (Å²) in [7, 11) is 1.62. The first-order valence-corrected chi connectivity index (χ1v) is 9.16. The fourth-order valence-electron chi connectivity index (χ4n) is 3.82. The number of hydrogen-bond donors (Lipinski definition) is 1. The molecule has 0 radical (unpaired) electrons. The van der Waals surface area contributed by atoms with Crippen molar-refractivity contribution in [3.63, 3.8) is 0 Å². The van der Waals surface area contributed by atoms with Crippen LogP contribution in [0.4, 0.5) is 0 Å². The summed E-state index contributed by atoms with van der Waals surface area (Å²) in [5, 5.41) is 2.85. The Bertz CT molecular complexity index is 552. The predicted octanol–water partition coefficient (Wildman–Crippen LogP) is 2.38. The molecule has 2 aliphatic rings. The monoisotopic (exact) mass is 335 g/mol. The number of oxazole rings is 1. The molecule has 0 aromatic carbocycles. The van der Waals surface area contributed by atoms with Crippen molar-refractivity contribution in [2.75, 3.05) is 26.8 Å². The molecular weight excluding hydrogens is 306 g/mol. The molecule has 1 amide bonds. The van der Waals surface area contributed by atoms with Gasteiger partial charge in [0.1, 0.15) is 5.76 Å². The molecule has 1 atom stereocenters. The fraction of sp³-hybridized carbons (Fsp3) is 0.778. The lowest BCUT2D eigenvalue weighted by molar-refractivity contribution is 0.0869. The maximum Gasteiger partial charge on any atom is 0.307 e. The molecule has 6 heteroatoms. The molecule has 1 saturated carbocycles. The summed E-state index contributed by atoms with van der Waals surface area (Å²) >= 11 is 0. The molecule has 1 N–H and O–H groups in total. The van der Waals surface area contributed by atoms with Gasteiger partial charge < -0.3 is 14.5 Å². The van der Waals surface area contributed by atoms with Gasteiger partial charge in [-0.25, -0.2) is 4.98 Å². The zero-order valence-electron chi connectivity index (χ0n) is 14.8. The van der Waals surface area contributed by atoms with Crippen molar-refractivity contribution in [3.05, 3.63) is 17.3 Å². The lowest BCUT2D eigenvalue weighted by Gasteiger charge is -2.31. The maximum atomic E-state index is 12.2. The molecule has 3 rings (SSSR count). The normalized spacial score (nSPS) is 20.6. The second-order valence-electron chi connectivity index (χ2n) is 7.21. The summed E-state index contributed by atoms with van der Waals surface area (Å²) in [5.74, 6) is 1.62. The van der Waals surface area contributed by atoms with Gasteiger partial charge in [-0.3, -0.25) is 9.69 Å². The molecular formula is C18H29N3O3. The summed E-state index contributed by atoms with van der Waals surface area (Å²) in [4.78, 5) is 19.1. The minimum absolute atomic E-state index is 0.0609. The number of rotatable bonds is 6. The van der Waals surface area contributed by atoms with Crippen LogP contribution >= 0.6 is 0 Å². The van der Waals surface area contributed by atoms with Crippen molar-refractivity contribution in [2.45, 2.75) is 58.0 Å². The second-order valence-corrected chi connectivity index (χ2v) is 7.21. The minimum atomic E-state index is -0.257. The van der Waals surface area contributed by atoms with Crippen LogP contribution in [0.25, 0.3) is 0 Å². The highest BCUT2D eigenvalue weighted by molar-refractivity contribution is 5.89. The molecule has 0 spiro atoms. The third-order valence-corrected chi connectivity index (χ3v) is 5.04. The first-order chi connectivity index (χ1) is 11.7. The van der Waals surface area contributed by atoms with E-state index in [1.165, 1.54) is 32.1 Å². The number of nitrogens with one attached hydrogen (secondary N) is 1. The van der Waals surface area contributed by atoms with E-state index in [0.717, 1.165) is 43.4 Å². The quantitative estimate of drug-likeness (QED) is 0.864. The molecule has 0 bridgehead atoms. The number of nitrogens with zero attached hydrogens (tertiary/aromatic N) is 2. The van der Waals surface area contributed by atoms with Crippen LogP contribution in [-0.4, -0.2) is 48.6 Å². The molecule has 1 aliphatic heterocycles. The smallest absolute Gasteiger partial charge is 0.307 e. The molecule has 134 valence electrons. The Hall–Kier alpha value is -1.40. The van der Waals surface area contributed by atoms with E-state index in [1.807, 2.05) is 6.92 Å². The van der Waals surface area contributed by atoms with Gasteiger partial charge in [0.05, 0.1) is 12.3 Å². The Labute approximate surface area is 143 Å². The number of fused-ring (bicyclic) bond motifs is 1. The van der Waals surface area contributed by atoms with Crippen molar-refractivity contribution < 1.29 is 13.9 Å². The van der Waals surface area contributed by atoms with Gasteiger partial charge in [-0.2, -0.15) is 0 Å². The molecule has 0 saturated heterocycles. The van der Waals surface area contributed by atoms with Gasteiger partial charge >= 0.3 is 5.91 Å². The van der Waals surface area contributed by atoms with E-state index in [0.29, 0.717) is 6.61 Å². The molecule has 0 unspecified atom stereocenters. The summed E-state index contributed by atoms with van der Waals surface area (Å²) in [6.45, 7) is 5.33. The van der Waals surface area contributed by atoms with Gasteiger partial charge in [0.25, 0.3) is 5.89 Å². The van der Waals surface area contributed by atoms with Crippen LogP contribution in [0.1, 0.15) is 61.2 Å². The third-order valence-electron chi connectivity index (χ3n) is 5.04. The van der Waals surface area contributed by atoms with Gasteiger partial charge in [0.15, 0.2) is 0 Å². The minimum Gasteiger partial charge on any atom is -0.437 e. The first-order valence-electron chi connectivity index (χ1n) is 9.16. The zero-order valence-corrected chi connectivity index (χ0v) is 14.8. The summed E-state index contributed by atoms with van der Waals surface area (Å²) in [6, 6.07) is -0.0609. The van der Waals surface area contributed by atoms with E-state index in [2.05, 4.69) is 15.2 Å². The second kappa shape index (κ2) is 8.12. The number of hydrogen-bond acceptors (Lipinski definition) is 5. The van der Waals surface area contributed by atoms with Crippen LogP contribution in [0.15, 0.2) is 4.42 Å². The summed E-state index contributed by atoms with van der Waals surface area (Å²) in [5.41, 5.74) is 0.932. The lowest BCUT2D eigenvalue weighted by atomic mass is 9.88. The summed E-state index contributed by atoms with van der Waals surface area (Å²) < 4.78 is 10.7. The number of amides is 1. The van der Waals surface area contributed by atoms with E-state index in [1.54, 1.807) is 7.11 Å². The number of carbonyl (C=O) groups is 1. The van der Waals surface area contributed by atoms with E-state index in [9.17, 15) is 4.79 Å². The Morgan fingerprint density at radius 3 is 2.96 bits per heavy atom. The average molecular weight is 335 g/mol. The molecule has 6 nitrogen and oxygen atoms in total. The number of methoxy groups -OCH3 is 1. The van der Waals surface area contributed by atoms with Gasteiger partial charge in [-0.1, -0.05) is 19.3 Å². The van der Waals surface area contributed by atoms with Crippen molar-refractivity contribution in [2.24, 2.45) is 5.92 Å². The van der Waals surface area contributed by atoms with Gasteiger partial charge in [-0.05, 0) is 25.7 Å². The molecule has 24 heavy (non-hydrogen) atoms. The Kier molecular flexibility index (Phi) is 5.89. The topological polar surface area (TPSA) is 67.6 Å². The van der Waals surface area contributed by atoms with E-state index in [4.69, 9.17) is 9.15 Å². The number of aromatic nitrogens is 1. The average Bonchev–Trinajstić information content (AvgIpc) is 2.99. The van der Waals surface area contributed by atoms with Gasteiger partial charge in [0, 0.05) is 39.2 Å². The molecule has 1 aliphatic carbocycles. The summed E-state index contributed by atoms with van der Waals surface area (Å²) in [6.07, 6.45) is 7.69. The molecule has 2 heterocycles. The predicted molar refractivity (Wildman–Crippen MR) is 90.9 cm³/mol. The van der Waals surface area contributed by atoms with Crippen LogP contribution < -0.4 is 5.32 Å². The first kappa shape index (κ1) is 17.4. The Balaban J connectivity index is 1.56. The van der Waals surface area contributed by atoms with E-state index in [-0.39, 0.29) is 17.8 Å². The van der Waals surface area contributed by atoms with Crippen molar-refractivity contribution in [3.8, 4) is 0 Å². The maximum absolute atomic E-state index is 12.2. The lowest BCUT2D eigenvalue weighted by Crippen LogP contribution is -2.36. The highest BCUT2D eigenvalue weighted by Gasteiger charge is 2.27. The number of ether oxygens (including phenoxy) is 1. The van der Waals surface area contributed by atoms with Crippen molar-refractivity contribution in [1.29, 1.82) is 0 Å². The van der Waals surface area contributed by atoms with Crippen LogP contribution in [-0.2, 0) is 17.7 Å². The Morgan fingerprint density at radius 1 is 1.42 bits per heavy atom. The standard InChI is InChI=1S/C18H29N3O3/c1-13(12-23-2)19-17(22)18-20-15-11-21(9-8-16(15)24-18)10-14-6-4-3-5-7-14/h13-14H,3-12H2,1-2H3,(H,19,22)/t13-/m0/s1. The van der Waals surface area contributed by atoms with Crippen LogP contribution in [0.5, 0.6) is 0 Å². The Morgan fingerprint density at radius 2 is 2.21 bits per heavy atom. The highest BCUT2D eigenvalue weighted by atomic mass is 16.5. The van der Waals surface area contributed by atoms with Crippen LogP contribution in [0, 0.1) is 5.92 Å². The van der Waals surface area contributed by atoms with Crippen LogP contribution in [0.3, 0.4) is 0 Å². The molecule has 1 fully saturated rings. The van der Waals surface area contributed by atoms with Crippen molar-refractivity contribution >= 4 is 5.91 Å². The van der Waals surface area contributed by atoms with Crippen LogP contribution in [0.2, 0.25) is 0 Å². The van der Waals surface area contributed by atoms with E-state index < -0.39 is 0 Å². The van der Waals surface area contributed by atoms with Gasteiger partial charge in [-0.15, -0.1) is 0 Å². The number of carbonyl (C=O) groups excluding carboxylic acids is 1. The third kappa shape index (κ3) is 4.36. The fourth-order valence-corrected chi connectivity index (χ4v) is 3.82.